The molecule has 1 amide bonds. The van der Waals surface area contributed by atoms with Crippen molar-refractivity contribution in [3.63, 3.8) is 0 Å². The fraction of sp³-hybridized carbons (Fsp3) is 0.800. The van der Waals surface area contributed by atoms with E-state index in [9.17, 15) is 15.0 Å². The molecule has 0 aromatic heterocycles. The lowest BCUT2D eigenvalue weighted by molar-refractivity contribution is -0.123. The lowest BCUT2D eigenvalue weighted by Gasteiger charge is -2.19. The van der Waals surface area contributed by atoms with Crippen molar-refractivity contribution < 1.29 is 15.0 Å². The second-order valence-corrected chi connectivity index (χ2v) is 11.2. The van der Waals surface area contributed by atoms with Crippen molar-refractivity contribution in [2.24, 2.45) is 0 Å². The summed E-state index contributed by atoms with van der Waals surface area (Å²) in [5.74, 6) is -0.0779. The quantitative estimate of drug-likeness (QED) is 0.0645. The molecule has 0 saturated carbocycles. The lowest BCUT2D eigenvalue weighted by Crippen LogP contribution is -2.45. The molecule has 39 heavy (non-hydrogen) atoms. The molecular formula is C35H65NO3. The zero-order chi connectivity index (χ0) is 28.7. The Bertz CT molecular complexity index is 599. The predicted octanol–water partition coefficient (Wildman–Crippen LogP) is 9.51. The zero-order valence-electron chi connectivity index (χ0n) is 25.9. The Kier molecular flexibility index (Phi) is 30.0. The van der Waals surface area contributed by atoms with Gasteiger partial charge < -0.3 is 15.5 Å². The van der Waals surface area contributed by atoms with Gasteiger partial charge in [0.15, 0.2) is 0 Å². The van der Waals surface area contributed by atoms with Crippen LogP contribution in [0.2, 0.25) is 0 Å². The van der Waals surface area contributed by atoms with E-state index in [1.54, 1.807) is 6.08 Å². The van der Waals surface area contributed by atoms with Crippen LogP contribution in [-0.2, 0) is 4.79 Å². The van der Waals surface area contributed by atoms with Crippen LogP contribution in [0.25, 0.3) is 0 Å². The second kappa shape index (κ2) is 31.1. The van der Waals surface area contributed by atoms with Gasteiger partial charge in [-0.05, 0) is 44.9 Å². The first kappa shape index (κ1) is 37.6. The summed E-state index contributed by atoms with van der Waals surface area (Å²) in [6.07, 6.45) is 39.8. The number of hydrogen-bond acceptors (Lipinski definition) is 3. The monoisotopic (exact) mass is 547 g/mol. The number of allylic oxidation sites excluding steroid dienone is 5. The van der Waals surface area contributed by atoms with Crippen LogP contribution in [0, 0.1) is 0 Å². The third-order valence-corrected chi connectivity index (χ3v) is 7.37. The van der Waals surface area contributed by atoms with Gasteiger partial charge >= 0.3 is 0 Å². The predicted molar refractivity (Wildman–Crippen MR) is 170 cm³/mol. The highest BCUT2D eigenvalue weighted by Crippen LogP contribution is 2.13. The largest absolute Gasteiger partial charge is 0.394 e. The number of aliphatic hydroxyl groups is 2. The molecule has 0 radical (unpaired) electrons. The number of hydrogen-bond donors (Lipinski definition) is 3. The van der Waals surface area contributed by atoms with Crippen molar-refractivity contribution in [3.8, 4) is 0 Å². The minimum absolute atomic E-state index is 0.0779. The molecule has 2 unspecified atom stereocenters. The van der Waals surface area contributed by atoms with E-state index in [1.807, 2.05) is 6.08 Å². The van der Waals surface area contributed by atoms with Crippen LogP contribution in [0.3, 0.4) is 0 Å². The van der Waals surface area contributed by atoms with Gasteiger partial charge in [0.2, 0.25) is 5.91 Å². The molecule has 0 fully saturated rings. The van der Waals surface area contributed by atoms with Crippen molar-refractivity contribution in [2.75, 3.05) is 6.61 Å². The van der Waals surface area contributed by atoms with E-state index in [1.165, 1.54) is 103 Å². The van der Waals surface area contributed by atoms with Gasteiger partial charge in [0.1, 0.15) is 0 Å². The Labute approximate surface area is 242 Å². The molecule has 0 aliphatic heterocycles. The van der Waals surface area contributed by atoms with Crippen LogP contribution < -0.4 is 5.32 Å². The van der Waals surface area contributed by atoms with Crippen molar-refractivity contribution >= 4 is 5.91 Å². The Morgan fingerprint density at radius 1 is 0.615 bits per heavy atom. The molecule has 0 bridgehead atoms. The zero-order valence-corrected chi connectivity index (χ0v) is 25.9. The first-order chi connectivity index (χ1) is 19.2. The SMILES string of the molecule is CCCC/C=C/C(O)C(CO)NC(=O)CCCCCCCCCCCCC/C=C\C/C=C\CCCCCCC. The summed E-state index contributed by atoms with van der Waals surface area (Å²) in [7, 11) is 0. The number of carbonyl (C=O) groups excluding carboxylic acids is 1. The fourth-order valence-electron chi connectivity index (χ4n) is 4.72. The maximum absolute atomic E-state index is 12.1. The summed E-state index contributed by atoms with van der Waals surface area (Å²) >= 11 is 0. The molecule has 0 saturated heterocycles. The fourth-order valence-corrected chi connectivity index (χ4v) is 4.72. The minimum Gasteiger partial charge on any atom is -0.394 e. The Morgan fingerprint density at radius 3 is 1.59 bits per heavy atom. The maximum Gasteiger partial charge on any atom is 0.220 e. The van der Waals surface area contributed by atoms with Gasteiger partial charge in [-0.3, -0.25) is 4.79 Å². The van der Waals surface area contributed by atoms with E-state index in [-0.39, 0.29) is 12.5 Å². The molecule has 0 rings (SSSR count). The number of rotatable bonds is 29. The molecule has 0 aliphatic rings. The first-order valence-electron chi connectivity index (χ1n) is 16.7. The summed E-state index contributed by atoms with van der Waals surface area (Å²) in [6.45, 7) is 4.14. The van der Waals surface area contributed by atoms with E-state index in [2.05, 4.69) is 43.5 Å². The molecule has 0 spiro atoms. The molecule has 4 nitrogen and oxygen atoms in total. The number of aliphatic hydroxyl groups excluding tert-OH is 2. The summed E-state index contributed by atoms with van der Waals surface area (Å²) in [5.41, 5.74) is 0. The van der Waals surface area contributed by atoms with Gasteiger partial charge in [0, 0.05) is 6.42 Å². The maximum atomic E-state index is 12.1. The van der Waals surface area contributed by atoms with Crippen molar-refractivity contribution in [2.45, 2.75) is 174 Å². The molecule has 228 valence electrons. The van der Waals surface area contributed by atoms with E-state index < -0.39 is 12.1 Å². The molecule has 0 heterocycles. The number of amides is 1. The van der Waals surface area contributed by atoms with Gasteiger partial charge in [-0.15, -0.1) is 0 Å². The Hall–Kier alpha value is -1.39. The van der Waals surface area contributed by atoms with E-state index in [0.717, 1.165) is 38.5 Å². The first-order valence-corrected chi connectivity index (χ1v) is 16.7. The Balaban J connectivity index is 3.47. The highest BCUT2D eigenvalue weighted by Gasteiger charge is 2.17. The highest BCUT2D eigenvalue weighted by atomic mass is 16.3. The number of unbranched alkanes of at least 4 members (excludes halogenated alkanes) is 18. The van der Waals surface area contributed by atoms with E-state index >= 15 is 0 Å². The summed E-state index contributed by atoms with van der Waals surface area (Å²) in [5, 5.41) is 22.4. The molecule has 0 aliphatic carbocycles. The van der Waals surface area contributed by atoms with Crippen LogP contribution in [0.15, 0.2) is 36.5 Å². The summed E-state index contributed by atoms with van der Waals surface area (Å²) in [4.78, 5) is 12.1. The average molecular weight is 548 g/mol. The molecule has 0 aromatic carbocycles. The smallest absolute Gasteiger partial charge is 0.220 e. The van der Waals surface area contributed by atoms with E-state index in [0.29, 0.717) is 6.42 Å². The molecule has 4 heteroatoms. The third kappa shape index (κ3) is 28.0. The van der Waals surface area contributed by atoms with Crippen LogP contribution in [0.5, 0.6) is 0 Å². The summed E-state index contributed by atoms with van der Waals surface area (Å²) < 4.78 is 0. The highest BCUT2D eigenvalue weighted by molar-refractivity contribution is 5.76. The minimum atomic E-state index is -0.834. The van der Waals surface area contributed by atoms with Crippen molar-refractivity contribution in [1.82, 2.24) is 5.32 Å². The van der Waals surface area contributed by atoms with Gasteiger partial charge in [-0.1, -0.05) is 147 Å². The number of nitrogens with one attached hydrogen (secondary N) is 1. The topological polar surface area (TPSA) is 69.6 Å². The van der Waals surface area contributed by atoms with Gasteiger partial charge in [0.25, 0.3) is 0 Å². The third-order valence-electron chi connectivity index (χ3n) is 7.37. The van der Waals surface area contributed by atoms with E-state index in [4.69, 9.17) is 0 Å². The second-order valence-electron chi connectivity index (χ2n) is 11.2. The van der Waals surface area contributed by atoms with Gasteiger partial charge in [-0.2, -0.15) is 0 Å². The van der Waals surface area contributed by atoms with Gasteiger partial charge in [-0.25, -0.2) is 0 Å². The van der Waals surface area contributed by atoms with Crippen molar-refractivity contribution in [3.05, 3.63) is 36.5 Å². The van der Waals surface area contributed by atoms with Gasteiger partial charge in [0.05, 0.1) is 18.8 Å². The van der Waals surface area contributed by atoms with Crippen LogP contribution in [0.4, 0.5) is 0 Å². The Morgan fingerprint density at radius 2 is 1.08 bits per heavy atom. The molecule has 0 aromatic rings. The standard InChI is InChI=1S/C35H65NO3/c1-3-5-7-9-10-11-12-13-14-15-16-17-18-19-20-21-22-23-24-25-26-27-29-31-35(39)36-33(32-37)34(38)30-28-8-6-4-2/h12-13,15-16,28,30,33-34,37-38H,3-11,14,17-27,29,31-32H2,1-2H3,(H,36,39)/b13-12-,16-15-,30-28+. The van der Waals surface area contributed by atoms with Crippen LogP contribution in [-0.4, -0.2) is 34.9 Å². The molecule has 2 atom stereocenters. The average Bonchev–Trinajstić information content (AvgIpc) is 2.94. The number of carbonyl (C=O) groups is 1. The molecular weight excluding hydrogens is 482 g/mol. The van der Waals surface area contributed by atoms with Crippen LogP contribution in [0.1, 0.15) is 162 Å². The molecule has 3 N–H and O–H groups in total. The lowest BCUT2D eigenvalue weighted by atomic mass is 10.0. The summed E-state index contributed by atoms with van der Waals surface area (Å²) in [6, 6.07) is -0.617. The van der Waals surface area contributed by atoms with Crippen LogP contribution >= 0.6 is 0 Å². The van der Waals surface area contributed by atoms with Crippen molar-refractivity contribution in [1.29, 1.82) is 0 Å². The normalized spacial score (nSPS) is 13.6.